The normalized spacial score (nSPS) is 51.3. The van der Waals surface area contributed by atoms with Crippen molar-refractivity contribution in [2.24, 2.45) is 16.7 Å². The van der Waals surface area contributed by atoms with E-state index in [1.807, 2.05) is 0 Å². The van der Waals surface area contributed by atoms with E-state index in [0.29, 0.717) is 5.41 Å². The van der Waals surface area contributed by atoms with Crippen LogP contribution in [0.1, 0.15) is 41.0 Å². The zero-order valence-electron chi connectivity index (χ0n) is 7.02. The Morgan fingerprint density at radius 1 is 1.27 bits per heavy atom. The first-order valence-electron chi connectivity index (χ1n) is 4.16. The minimum absolute atomic E-state index is 0. The van der Waals surface area contributed by atoms with Crippen molar-refractivity contribution in [3.63, 3.8) is 0 Å². The first-order valence-corrected chi connectivity index (χ1v) is 4.16. The zero-order chi connectivity index (χ0) is 7.57. The van der Waals surface area contributed by atoms with E-state index >= 15 is 0 Å². The maximum Gasteiger partial charge on any atom is 0.0599 e. The molecule has 2 fully saturated rings. The molecule has 1 nitrogen and oxygen atoms in total. The van der Waals surface area contributed by atoms with E-state index < -0.39 is 0 Å². The molecule has 0 aromatic rings. The first kappa shape index (κ1) is 9.05. The van der Waals surface area contributed by atoms with Crippen molar-refractivity contribution in [1.29, 1.82) is 0 Å². The molecule has 1 heteroatoms. The maximum absolute atomic E-state index is 9.62. The van der Waals surface area contributed by atoms with E-state index in [9.17, 15) is 5.11 Å². The summed E-state index contributed by atoms with van der Waals surface area (Å²) < 4.78 is 0. The van der Waals surface area contributed by atoms with Crippen LogP contribution < -0.4 is 0 Å². The van der Waals surface area contributed by atoms with Crippen LogP contribution in [0.2, 0.25) is 0 Å². The van der Waals surface area contributed by atoms with Gasteiger partial charge in [-0.25, -0.2) is 0 Å². The molecule has 2 aliphatic carbocycles. The molecule has 0 heterocycles. The van der Waals surface area contributed by atoms with Crippen molar-refractivity contribution < 1.29 is 5.11 Å². The zero-order valence-corrected chi connectivity index (χ0v) is 7.02. The van der Waals surface area contributed by atoms with E-state index in [1.54, 1.807) is 0 Å². The van der Waals surface area contributed by atoms with E-state index in [1.165, 1.54) is 6.42 Å². The minimum atomic E-state index is -0.0451. The molecule has 2 aliphatic rings. The molecular formula is C10H20O. The van der Waals surface area contributed by atoms with Gasteiger partial charge < -0.3 is 5.11 Å². The topological polar surface area (TPSA) is 20.2 Å². The summed E-state index contributed by atoms with van der Waals surface area (Å²) in [7, 11) is 0. The van der Waals surface area contributed by atoms with Crippen LogP contribution in [-0.4, -0.2) is 11.2 Å². The summed E-state index contributed by atoms with van der Waals surface area (Å²) in [5, 5.41) is 9.62. The Bertz CT molecular complexity index is 174. The number of aliphatic hydroxyl groups excluding tert-OH is 1. The van der Waals surface area contributed by atoms with Crippen LogP contribution in [0.25, 0.3) is 0 Å². The predicted molar refractivity (Wildman–Crippen MR) is 47.3 cm³/mol. The lowest BCUT2D eigenvalue weighted by Crippen LogP contribution is -2.31. The molecule has 0 radical (unpaired) electrons. The lowest BCUT2D eigenvalue weighted by molar-refractivity contribution is 0.0316. The van der Waals surface area contributed by atoms with Gasteiger partial charge in [0.15, 0.2) is 0 Å². The molecule has 0 aromatic carbocycles. The number of aliphatic hydroxyl groups is 1. The lowest BCUT2D eigenvalue weighted by atomic mass is 9.76. The number of hydrogen-bond acceptors (Lipinski definition) is 1. The van der Waals surface area contributed by atoms with Crippen LogP contribution in [0, 0.1) is 16.7 Å². The van der Waals surface area contributed by atoms with Gasteiger partial charge in [0.25, 0.3) is 0 Å². The monoisotopic (exact) mass is 156 g/mol. The SMILES string of the molecule is C.CC1(C)C(O)CC2CC21C. The fraction of sp³-hybridized carbons (Fsp3) is 1.00. The Labute approximate surface area is 69.8 Å². The molecule has 0 amide bonds. The van der Waals surface area contributed by atoms with Crippen LogP contribution in [0.3, 0.4) is 0 Å². The van der Waals surface area contributed by atoms with Gasteiger partial charge in [-0.3, -0.25) is 0 Å². The highest BCUT2D eigenvalue weighted by Gasteiger charge is 2.67. The molecular weight excluding hydrogens is 136 g/mol. The number of hydrogen-bond donors (Lipinski definition) is 1. The molecule has 66 valence electrons. The summed E-state index contributed by atoms with van der Waals surface area (Å²) in [6.45, 7) is 6.71. The third-order valence-corrected chi connectivity index (χ3v) is 4.22. The smallest absolute Gasteiger partial charge is 0.0599 e. The molecule has 0 aromatic heterocycles. The minimum Gasteiger partial charge on any atom is -0.393 e. The summed E-state index contributed by atoms with van der Waals surface area (Å²) in [5.41, 5.74) is 0.657. The molecule has 2 saturated carbocycles. The van der Waals surface area contributed by atoms with Crippen molar-refractivity contribution >= 4 is 0 Å². The summed E-state index contributed by atoms with van der Waals surface area (Å²) in [4.78, 5) is 0. The molecule has 0 spiro atoms. The fourth-order valence-electron chi connectivity index (χ4n) is 2.53. The Morgan fingerprint density at radius 3 is 2.00 bits per heavy atom. The van der Waals surface area contributed by atoms with Gasteiger partial charge in [0, 0.05) is 0 Å². The number of fused-ring (bicyclic) bond motifs is 1. The van der Waals surface area contributed by atoms with Crippen LogP contribution in [-0.2, 0) is 0 Å². The Balaban J connectivity index is 0.000000605. The Hall–Kier alpha value is -0.0400. The van der Waals surface area contributed by atoms with Gasteiger partial charge in [0.05, 0.1) is 6.10 Å². The second-order valence-electron chi connectivity index (χ2n) is 4.79. The van der Waals surface area contributed by atoms with Crippen molar-refractivity contribution in [3.8, 4) is 0 Å². The highest BCUT2D eigenvalue weighted by molar-refractivity contribution is 5.16. The largest absolute Gasteiger partial charge is 0.393 e. The van der Waals surface area contributed by atoms with Gasteiger partial charge in [-0.1, -0.05) is 28.2 Å². The van der Waals surface area contributed by atoms with Gasteiger partial charge in [0.2, 0.25) is 0 Å². The van der Waals surface area contributed by atoms with Crippen molar-refractivity contribution in [3.05, 3.63) is 0 Å². The van der Waals surface area contributed by atoms with Gasteiger partial charge in [-0.15, -0.1) is 0 Å². The standard InChI is InChI=1S/C9H16O.CH4/c1-8(2)7(10)4-6-5-9(6,8)3;/h6-7,10H,4-5H2,1-3H3;1H4. The van der Waals surface area contributed by atoms with E-state index in [0.717, 1.165) is 12.3 Å². The first-order chi connectivity index (χ1) is 4.48. The molecule has 0 bridgehead atoms. The molecule has 1 N–H and O–H groups in total. The van der Waals surface area contributed by atoms with Crippen LogP contribution in [0.4, 0.5) is 0 Å². The number of rotatable bonds is 0. The van der Waals surface area contributed by atoms with Crippen molar-refractivity contribution in [1.82, 2.24) is 0 Å². The van der Waals surface area contributed by atoms with Gasteiger partial charge >= 0.3 is 0 Å². The maximum atomic E-state index is 9.62. The lowest BCUT2D eigenvalue weighted by Gasteiger charge is -2.31. The highest BCUT2D eigenvalue weighted by atomic mass is 16.3. The van der Waals surface area contributed by atoms with Gasteiger partial charge in [-0.05, 0) is 29.6 Å². The third-order valence-electron chi connectivity index (χ3n) is 4.22. The van der Waals surface area contributed by atoms with Crippen LogP contribution in [0.15, 0.2) is 0 Å². The fourth-order valence-corrected chi connectivity index (χ4v) is 2.53. The van der Waals surface area contributed by atoms with Crippen LogP contribution >= 0.6 is 0 Å². The molecule has 11 heavy (non-hydrogen) atoms. The second kappa shape index (κ2) is 2.01. The average Bonchev–Trinajstić information content (AvgIpc) is 2.39. The van der Waals surface area contributed by atoms with Gasteiger partial charge in [-0.2, -0.15) is 0 Å². The van der Waals surface area contributed by atoms with E-state index in [2.05, 4.69) is 20.8 Å². The second-order valence-corrected chi connectivity index (χ2v) is 4.79. The summed E-state index contributed by atoms with van der Waals surface area (Å²) >= 11 is 0. The molecule has 2 rings (SSSR count). The quantitative estimate of drug-likeness (QED) is 0.571. The molecule has 0 saturated heterocycles. The molecule has 3 atom stereocenters. The summed E-state index contributed by atoms with van der Waals surface area (Å²) in [5.74, 6) is 0.831. The molecule has 3 unspecified atom stereocenters. The Morgan fingerprint density at radius 2 is 1.82 bits per heavy atom. The van der Waals surface area contributed by atoms with E-state index in [-0.39, 0.29) is 18.9 Å². The highest BCUT2D eigenvalue weighted by Crippen LogP contribution is 2.71. The predicted octanol–water partition coefficient (Wildman–Crippen LogP) is 2.44. The Kier molecular flexibility index (Phi) is 1.65. The van der Waals surface area contributed by atoms with E-state index in [4.69, 9.17) is 0 Å². The molecule has 0 aliphatic heterocycles. The average molecular weight is 156 g/mol. The van der Waals surface area contributed by atoms with Crippen molar-refractivity contribution in [2.75, 3.05) is 0 Å². The van der Waals surface area contributed by atoms with Crippen LogP contribution in [0.5, 0.6) is 0 Å². The summed E-state index contributed by atoms with van der Waals surface area (Å²) in [6.07, 6.45) is 2.34. The van der Waals surface area contributed by atoms with Gasteiger partial charge in [0.1, 0.15) is 0 Å². The third kappa shape index (κ3) is 0.807. The summed E-state index contributed by atoms with van der Waals surface area (Å²) in [6, 6.07) is 0. The van der Waals surface area contributed by atoms with Crippen molar-refractivity contribution in [2.45, 2.75) is 47.1 Å².